The van der Waals surface area contributed by atoms with Gasteiger partial charge in [0, 0.05) is 43.0 Å². The number of anilines is 2. The van der Waals surface area contributed by atoms with Gasteiger partial charge in [-0.15, -0.1) is 0 Å². The van der Waals surface area contributed by atoms with Gasteiger partial charge in [0.2, 0.25) is 0 Å². The maximum atomic E-state index is 12.3. The van der Waals surface area contributed by atoms with E-state index in [9.17, 15) is 4.79 Å². The van der Waals surface area contributed by atoms with Crippen LogP contribution in [-0.2, 0) is 4.74 Å². The van der Waals surface area contributed by atoms with E-state index in [1.54, 1.807) is 6.07 Å². The van der Waals surface area contributed by atoms with Crippen molar-refractivity contribution in [2.75, 3.05) is 36.1 Å². The first-order valence-electron chi connectivity index (χ1n) is 8.90. The minimum absolute atomic E-state index is 0.0758. The lowest BCUT2D eigenvalue weighted by Crippen LogP contribution is -2.44. The van der Waals surface area contributed by atoms with Crippen molar-refractivity contribution in [3.63, 3.8) is 0 Å². The zero-order valence-electron chi connectivity index (χ0n) is 14.7. The molecule has 7 heteroatoms. The Balaban J connectivity index is 1.66. The number of hydrogen-bond acceptors (Lipinski definition) is 6. The van der Waals surface area contributed by atoms with Crippen LogP contribution in [0.15, 0.2) is 27.5 Å². The summed E-state index contributed by atoms with van der Waals surface area (Å²) in [7, 11) is 0. The second-order valence-electron chi connectivity index (χ2n) is 6.92. The molecule has 0 aliphatic carbocycles. The molecule has 1 N–H and O–H groups in total. The number of rotatable bonds is 3. The number of aryl methyl sites for hydroxylation is 1. The first-order chi connectivity index (χ1) is 12.1. The van der Waals surface area contributed by atoms with Gasteiger partial charge in [-0.1, -0.05) is 5.16 Å². The molecule has 2 saturated heterocycles. The molecule has 4 heterocycles. The number of nitrogens with one attached hydrogen (secondary N) is 1. The van der Waals surface area contributed by atoms with Crippen LogP contribution < -0.4 is 15.4 Å². The lowest BCUT2D eigenvalue weighted by Gasteiger charge is -2.35. The van der Waals surface area contributed by atoms with Gasteiger partial charge in [-0.05, 0) is 26.7 Å². The summed E-state index contributed by atoms with van der Waals surface area (Å²) < 4.78 is 10.8. The fraction of sp³-hybridized carbons (Fsp3) is 0.556. The van der Waals surface area contributed by atoms with Crippen molar-refractivity contribution >= 4 is 11.5 Å². The van der Waals surface area contributed by atoms with E-state index >= 15 is 0 Å². The molecule has 2 aliphatic heterocycles. The summed E-state index contributed by atoms with van der Waals surface area (Å²) in [6, 6.07) is 6.14. The smallest absolute Gasteiger partial charge is 0.251 e. The van der Waals surface area contributed by atoms with E-state index < -0.39 is 0 Å². The van der Waals surface area contributed by atoms with Crippen molar-refractivity contribution in [3.05, 3.63) is 40.0 Å². The van der Waals surface area contributed by atoms with Crippen LogP contribution in [-0.4, -0.2) is 42.5 Å². The first kappa shape index (κ1) is 16.2. The molecule has 0 radical (unpaired) electrons. The van der Waals surface area contributed by atoms with Crippen molar-refractivity contribution in [2.24, 2.45) is 0 Å². The van der Waals surface area contributed by atoms with Crippen LogP contribution in [0.2, 0.25) is 0 Å². The van der Waals surface area contributed by atoms with Crippen LogP contribution in [0, 0.1) is 6.92 Å². The van der Waals surface area contributed by atoms with E-state index in [2.05, 4.69) is 32.9 Å². The summed E-state index contributed by atoms with van der Waals surface area (Å²) in [6.45, 7) is 7.10. The minimum Gasteiger partial charge on any atom is -0.377 e. The third kappa shape index (κ3) is 3.16. The molecule has 2 aromatic heterocycles. The monoisotopic (exact) mass is 344 g/mol. The minimum atomic E-state index is -0.0758. The maximum absolute atomic E-state index is 12.3. The number of morpholine rings is 1. The Morgan fingerprint density at radius 1 is 1.24 bits per heavy atom. The van der Waals surface area contributed by atoms with Gasteiger partial charge < -0.3 is 24.0 Å². The maximum Gasteiger partial charge on any atom is 0.251 e. The number of aromatic amines is 1. The zero-order valence-corrected chi connectivity index (χ0v) is 14.7. The highest BCUT2D eigenvalue weighted by Gasteiger charge is 2.30. The molecule has 0 bridgehead atoms. The second kappa shape index (κ2) is 6.55. The number of nitrogens with zero attached hydrogens (tertiary/aromatic N) is 3. The van der Waals surface area contributed by atoms with Crippen LogP contribution in [0.5, 0.6) is 0 Å². The molecule has 0 saturated carbocycles. The normalized spacial score (nSPS) is 24.1. The lowest BCUT2D eigenvalue weighted by atomic mass is 10.1. The lowest BCUT2D eigenvalue weighted by molar-refractivity contribution is 0.0989. The highest BCUT2D eigenvalue weighted by molar-refractivity contribution is 5.57. The third-order valence-electron chi connectivity index (χ3n) is 5.06. The Morgan fingerprint density at radius 3 is 2.88 bits per heavy atom. The summed E-state index contributed by atoms with van der Waals surface area (Å²) in [6.07, 6.45) is 2.07. The predicted molar refractivity (Wildman–Crippen MR) is 95.3 cm³/mol. The van der Waals surface area contributed by atoms with Crippen molar-refractivity contribution in [1.29, 1.82) is 0 Å². The fourth-order valence-electron chi connectivity index (χ4n) is 3.85. The number of H-pyrrole nitrogens is 1. The van der Waals surface area contributed by atoms with Crippen molar-refractivity contribution in [1.82, 2.24) is 10.1 Å². The second-order valence-corrected chi connectivity index (χ2v) is 6.92. The third-order valence-corrected chi connectivity index (χ3v) is 5.06. The van der Waals surface area contributed by atoms with Crippen molar-refractivity contribution < 1.29 is 9.26 Å². The van der Waals surface area contributed by atoms with Crippen molar-refractivity contribution in [2.45, 2.75) is 38.8 Å². The van der Waals surface area contributed by atoms with Gasteiger partial charge in [-0.25, -0.2) is 0 Å². The number of ether oxygens (including phenoxy) is 1. The molecular weight excluding hydrogens is 320 g/mol. The summed E-state index contributed by atoms with van der Waals surface area (Å²) in [5, 5.41) is 4.18. The summed E-state index contributed by atoms with van der Waals surface area (Å²) >= 11 is 0. The van der Waals surface area contributed by atoms with Crippen LogP contribution in [0.3, 0.4) is 0 Å². The van der Waals surface area contributed by atoms with Crippen LogP contribution >= 0.6 is 0 Å². The molecule has 2 fully saturated rings. The van der Waals surface area contributed by atoms with E-state index in [0.29, 0.717) is 13.2 Å². The molecule has 1 unspecified atom stereocenters. The molecule has 134 valence electrons. The standard InChI is InChI=1S/C18H24N4O3/c1-12-11-24-7-6-21(12)14-9-17(19-18(23)10-14)22-5-3-4-16(22)15-8-13(2)25-20-15/h8-10,12,16H,3-7,11H2,1-2H3,(H,19,23)/t12-,16?/m1/s1. The molecule has 2 aliphatic rings. The van der Waals surface area contributed by atoms with Gasteiger partial charge in [0.25, 0.3) is 5.56 Å². The topological polar surface area (TPSA) is 74.6 Å². The van der Waals surface area contributed by atoms with E-state index in [-0.39, 0.29) is 17.6 Å². The van der Waals surface area contributed by atoms with Gasteiger partial charge in [-0.3, -0.25) is 4.79 Å². The van der Waals surface area contributed by atoms with Crippen LogP contribution in [0.4, 0.5) is 11.5 Å². The van der Waals surface area contributed by atoms with Crippen molar-refractivity contribution in [3.8, 4) is 0 Å². The zero-order chi connectivity index (χ0) is 17.4. The Morgan fingerprint density at radius 2 is 2.12 bits per heavy atom. The number of aromatic nitrogens is 2. The molecule has 4 rings (SSSR count). The summed E-state index contributed by atoms with van der Waals surface area (Å²) in [4.78, 5) is 19.8. The Labute approximate surface area is 146 Å². The van der Waals surface area contributed by atoms with E-state index in [0.717, 1.165) is 48.9 Å². The number of hydrogen-bond donors (Lipinski definition) is 1. The van der Waals surface area contributed by atoms with Gasteiger partial charge in [0.15, 0.2) is 0 Å². The Bertz CT molecular complexity index is 800. The molecule has 0 aromatic carbocycles. The van der Waals surface area contributed by atoms with Crippen LogP contribution in [0.1, 0.15) is 37.3 Å². The van der Waals surface area contributed by atoms with E-state index in [1.807, 2.05) is 13.0 Å². The molecular formula is C18H24N4O3. The molecule has 2 atom stereocenters. The largest absolute Gasteiger partial charge is 0.377 e. The summed E-state index contributed by atoms with van der Waals surface area (Å²) in [5.41, 5.74) is 1.81. The number of pyridine rings is 1. The fourth-order valence-corrected chi connectivity index (χ4v) is 3.85. The molecule has 0 spiro atoms. The predicted octanol–water partition coefficient (Wildman–Crippen LogP) is 2.24. The Hall–Kier alpha value is -2.28. The molecule has 0 amide bonds. The highest BCUT2D eigenvalue weighted by atomic mass is 16.5. The molecule has 7 nitrogen and oxygen atoms in total. The highest BCUT2D eigenvalue weighted by Crippen LogP contribution is 2.35. The van der Waals surface area contributed by atoms with Gasteiger partial charge >= 0.3 is 0 Å². The van der Waals surface area contributed by atoms with Gasteiger partial charge in [0.05, 0.1) is 19.3 Å². The first-order valence-corrected chi connectivity index (χ1v) is 8.90. The average Bonchev–Trinajstić information content (AvgIpc) is 3.23. The summed E-state index contributed by atoms with van der Waals surface area (Å²) in [5.74, 6) is 1.66. The van der Waals surface area contributed by atoms with Gasteiger partial charge in [0.1, 0.15) is 17.3 Å². The quantitative estimate of drug-likeness (QED) is 0.920. The van der Waals surface area contributed by atoms with E-state index in [1.165, 1.54) is 0 Å². The SMILES string of the molecule is Cc1cc(C2CCCN2c2cc(N3CCOC[C@H]3C)cc(=O)[nH]2)no1. The molecule has 2 aromatic rings. The Kier molecular flexibility index (Phi) is 4.25. The van der Waals surface area contributed by atoms with E-state index in [4.69, 9.17) is 9.26 Å². The van der Waals surface area contributed by atoms with Crippen LogP contribution in [0.25, 0.3) is 0 Å². The van der Waals surface area contributed by atoms with Gasteiger partial charge in [-0.2, -0.15) is 0 Å². The molecule has 25 heavy (non-hydrogen) atoms. The average molecular weight is 344 g/mol.